The summed E-state index contributed by atoms with van der Waals surface area (Å²) < 4.78 is 10.4. The van der Waals surface area contributed by atoms with Gasteiger partial charge in [-0.3, -0.25) is 9.98 Å². The van der Waals surface area contributed by atoms with Crippen LogP contribution in [0.1, 0.15) is 101 Å². The van der Waals surface area contributed by atoms with Gasteiger partial charge < -0.3 is 24.3 Å². The van der Waals surface area contributed by atoms with E-state index in [1.807, 2.05) is 53.0 Å². The Morgan fingerprint density at radius 3 is 2.20 bits per heavy atom. The molecule has 1 saturated heterocycles. The van der Waals surface area contributed by atoms with Crippen molar-refractivity contribution in [3.8, 4) is 5.75 Å². The van der Waals surface area contributed by atoms with Crippen molar-refractivity contribution >= 4 is 33.5 Å². The minimum Gasteiger partial charge on any atom is -0.491 e. The predicted molar refractivity (Wildman–Crippen MR) is 179 cm³/mol. The number of likely N-dealkylation sites (tertiary alicyclic amines) is 1. The number of carbonyl (C=O) groups is 1. The van der Waals surface area contributed by atoms with Gasteiger partial charge in [-0.2, -0.15) is 0 Å². The Morgan fingerprint density at radius 2 is 1.78 bits per heavy atom. The van der Waals surface area contributed by atoms with Crippen molar-refractivity contribution in [2.45, 2.75) is 107 Å². The van der Waals surface area contributed by atoms with E-state index in [2.05, 4.69) is 51.2 Å². The number of aromatic nitrogens is 1. The number of pyridine rings is 1. The molecule has 236 valence electrons. The Kier molecular flexibility index (Phi) is 22.6. The molecule has 7 nitrogen and oxygen atoms in total. The van der Waals surface area contributed by atoms with Gasteiger partial charge in [-0.05, 0) is 78.4 Å². The van der Waals surface area contributed by atoms with Crippen molar-refractivity contribution in [1.29, 1.82) is 0 Å². The Labute approximate surface area is 259 Å². The van der Waals surface area contributed by atoms with Crippen LogP contribution in [0.15, 0.2) is 41.8 Å². The molecule has 2 heterocycles. The molecule has 0 aromatic carbocycles. The molecule has 1 N–H and O–H groups in total. The highest BCUT2D eigenvalue weighted by Crippen LogP contribution is 2.34. The lowest BCUT2D eigenvalue weighted by Gasteiger charge is -2.39. The second-order valence-corrected chi connectivity index (χ2v) is 12.4. The molecule has 0 unspecified atom stereocenters. The van der Waals surface area contributed by atoms with E-state index in [0.717, 1.165) is 66.0 Å². The van der Waals surface area contributed by atoms with Gasteiger partial charge in [0.15, 0.2) is 0 Å². The van der Waals surface area contributed by atoms with Crippen LogP contribution >= 0.6 is 15.9 Å². The van der Waals surface area contributed by atoms with Crippen LogP contribution in [-0.4, -0.2) is 70.8 Å². The molecular formula is C33H58BrN3O4. The first-order chi connectivity index (χ1) is 19.1. The molecule has 1 aliphatic heterocycles. The van der Waals surface area contributed by atoms with E-state index >= 15 is 0 Å². The zero-order valence-corrected chi connectivity index (χ0v) is 29.3. The number of alkyl halides is 1. The van der Waals surface area contributed by atoms with Crippen LogP contribution in [-0.2, 0) is 9.53 Å². The van der Waals surface area contributed by atoms with Gasteiger partial charge in [0.2, 0.25) is 0 Å². The Balaban J connectivity index is 0. The summed E-state index contributed by atoms with van der Waals surface area (Å²) in [5.74, 6) is 0.739. The zero-order valence-electron chi connectivity index (χ0n) is 27.7. The molecule has 0 bridgehead atoms. The molecule has 2 rings (SSSR count). The number of aldehydes is 1. The number of piperidine rings is 1. The second kappa shape index (κ2) is 22.6. The minimum absolute atomic E-state index is 0.372. The van der Waals surface area contributed by atoms with Crippen LogP contribution in [0, 0.1) is 5.41 Å². The number of nitrogens with zero attached hydrogens (tertiary/aromatic N) is 3. The van der Waals surface area contributed by atoms with Gasteiger partial charge in [-0.25, -0.2) is 0 Å². The molecule has 1 fully saturated rings. The molecule has 0 spiro atoms. The fourth-order valence-corrected chi connectivity index (χ4v) is 3.29. The molecule has 0 aliphatic carbocycles. The van der Waals surface area contributed by atoms with E-state index in [4.69, 9.17) is 14.6 Å². The monoisotopic (exact) mass is 639 g/mol. The lowest BCUT2D eigenvalue weighted by Crippen LogP contribution is -2.36. The van der Waals surface area contributed by atoms with E-state index in [1.165, 1.54) is 0 Å². The number of aliphatic imine (C=N–C) groups is 1. The van der Waals surface area contributed by atoms with Gasteiger partial charge in [0, 0.05) is 55.1 Å². The topological polar surface area (TPSA) is 84.2 Å². The highest BCUT2D eigenvalue weighted by atomic mass is 79.9. The molecule has 1 aromatic heterocycles. The maximum atomic E-state index is 10.6. The van der Waals surface area contributed by atoms with Gasteiger partial charge in [0.05, 0.1) is 30.2 Å². The fourth-order valence-electron chi connectivity index (χ4n) is 3.13. The van der Waals surface area contributed by atoms with Crippen LogP contribution in [0.5, 0.6) is 5.75 Å². The molecule has 0 radical (unpaired) electrons. The van der Waals surface area contributed by atoms with Gasteiger partial charge in [0.1, 0.15) is 12.0 Å². The fraction of sp³-hybridized carbons (Fsp3) is 0.667. The number of halogens is 1. The van der Waals surface area contributed by atoms with Crippen LogP contribution in [0.2, 0.25) is 0 Å². The predicted octanol–water partition coefficient (Wildman–Crippen LogP) is 8.12. The summed E-state index contributed by atoms with van der Waals surface area (Å²) in [6, 6.07) is 3.87. The SMILES string of the molecule is C=C(/C(=C\N=C(C)CCC=O)c1ccc(OCCBr)cn1)N1CCC(C)(C)CC1.CC.CC(C)(C)O.COC(C)C. The zero-order chi connectivity index (χ0) is 32.1. The summed E-state index contributed by atoms with van der Waals surface area (Å²) in [6.45, 7) is 26.7. The van der Waals surface area contributed by atoms with E-state index in [0.29, 0.717) is 31.0 Å². The van der Waals surface area contributed by atoms with Crippen molar-refractivity contribution in [2.24, 2.45) is 10.4 Å². The average Bonchev–Trinajstić information content (AvgIpc) is 2.91. The highest BCUT2D eigenvalue weighted by Gasteiger charge is 2.27. The highest BCUT2D eigenvalue weighted by molar-refractivity contribution is 9.09. The summed E-state index contributed by atoms with van der Waals surface area (Å²) in [4.78, 5) is 22.1. The van der Waals surface area contributed by atoms with Crippen LogP contribution in [0.3, 0.4) is 0 Å². The average molecular weight is 641 g/mol. The lowest BCUT2D eigenvalue weighted by atomic mass is 9.82. The van der Waals surface area contributed by atoms with E-state index in [9.17, 15) is 4.79 Å². The van der Waals surface area contributed by atoms with Crippen LogP contribution < -0.4 is 4.74 Å². The number of methoxy groups -OCH3 is 1. The third-order valence-electron chi connectivity index (χ3n) is 5.68. The van der Waals surface area contributed by atoms with Crippen molar-refractivity contribution < 1.29 is 19.4 Å². The number of aliphatic hydroxyl groups is 1. The first kappa shape index (κ1) is 41.1. The number of hydrogen-bond acceptors (Lipinski definition) is 7. The summed E-state index contributed by atoms with van der Waals surface area (Å²) in [7, 11) is 1.70. The van der Waals surface area contributed by atoms with Crippen LogP contribution in [0.25, 0.3) is 5.57 Å². The number of ether oxygens (including phenoxy) is 2. The summed E-state index contributed by atoms with van der Waals surface area (Å²) >= 11 is 3.36. The molecule has 0 atom stereocenters. The Morgan fingerprint density at radius 1 is 1.24 bits per heavy atom. The molecule has 0 amide bonds. The van der Waals surface area contributed by atoms with Crippen molar-refractivity contribution in [2.75, 3.05) is 32.1 Å². The summed E-state index contributed by atoms with van der Waals surface area (Å²) in [5.41, 5.74) is 3.45. The van der Waals surface area contributed by atoms with Crippen molar-refractivity contribution in [3.05, 3.63) is 42.5 Å². The number of rotatable bonds is 11. The number of carbonyl (C=O) groups excluding carboxylic acids is 1. The minimum atomic E-state index is -0.500. The molecule has 1 aliphatic rings. The molecular weight excluding hydrogens is 582 g/mol. The lowest BCUT2D eigenvalue weighted by molar-refractivity contribution is -0.107. The first-order valence-corrected chi connectivity index (χ1v) is 15.8. The van der Waals surface area contributed by atoms with E-state index in [-0.39, 0.29) is 0 Å². The Hall–Kier alpha value is -2.03. The number of allylic oxidation sites excluding steroid dienone is 1. The van der Waals surface area contributed by atoms with Crippen LogP contribution in [0.4, 0.5) is 0 Å². The smallest absolute Gasteiger partial charge is 0.137 e. The Bertz CT molecular complexity index is 888. The molecule has 41 heavy (non-hydrogen) atoms. The summed E-state index contributed by atoms with van der Waals surface area (Å²) in [5, 5.41) is 9.30. The number of hydrogen-bond donors (Lipinski definition) is 1. The van der Waals surface area contributed by atoms with Gasteiger partial charge in [-0.1, -0.05) is 50.2 Å². The third-order valence-corrected chi connectivity index (χ3v) is 6.00. The van der Waals surface area contributed by atoms with Crippen molar-refractivity contribution in [1.82, 2.24) is 9.88 Å². The standard InChI is InChI=1S/C23H32BrN3O2.2C4H10O.C2H6/c1-18(6-5-14-28)25-17-21(19(2)27-12-9-23(3,4)10-13-27)22-8-7-20(16-26-22)29-15-11-24;1-4(2)5-3;1-4(2,3)5;1-2/h7-8,14,16-17H,2,5-6,9-13,15H2,1,3-4H3;4H,1-3H3;5H,1-3H3;1-2H3/b21-17+,25-18?;;;. The quantitative estimate of drug-likeness (QED) is 0.114. The third kappa shape index (κ3) is 22.3. The normalized spacial score (nSPS) is 14.9. The summed E-state index contributed by atoms with van der Waals surface area (Å²) in [6.07, 6.45) is 8.29. The van der Waals surface area contributed by atoms with Gasteiger partial charge >= 0.3 is 0 Å². The van der Waals surface area contributed by atoms with Gasteiger partial charge in [0.25, 0.3) is 0 Å². The van der Waals surface area contributed by atoms with Gasteiger partial charge in [-0.15, -0.1) is 0 Å². The second-order valence-electron chi connectivity index (χ2n) is 11.6. The maximum absolute atomic E-state index is 10.6. The largest absolute Gasteiger partial charge is 0.491 e. The first-order valence-electron chi connectivity index (χ1n) is 14.6. The molecule has 0 saturated carbocycles. The van der Waals surface area contributed by atoms with E-state index < -0.39 is 5.60 Å². The maximum Gasteiger partial charge on any atom is 0.137 e. The molecule has 1 aromatic rings. The van der Waals surface area contributed by atoms with E-state index in [1.54, 1.807) is 34.1 Å². The molecule has 8 heteroatoms. The van der Waals surface area contributed by atoms with Crippen molar-refractivity contribution in [3.63, 3.8) is 0 Å².